The van der Waals surface area contributed by atoms with E-state index in [-0.39, 0.29) is 33.6 Å². The van der Waals surface area contributed by atoms with Gasteiger partial charge in [0.25, 0.3) is 0 Å². The van der Waals surface area contributed by atoms with Crippen molar-refractivity contribution in [2.45, 2.75) is 6.42 Å². The number of sulfone groups is 1. The fraction of sp³-hybridized carbons (Fsp3) is 0.300. The third-order valence-corrected chi connectivity index (χ3v) is 3.52. The van der Waals surface area contributed by atoms with E-state index in [2.05, 4.69) is 0 Å². The molecule has 88 valence electrons. The van der Waals surface area contributed by atoms with Crippen molar-refractivity contribution in [1.29, 1.82) is 0 Å². The van der Waals surface area contributed by atoms with Crippen LogP contribution in [0.5, 0.6) is 0 Å². The lowest BCUT2D eigenvalue weighted by Crippen LogP contribution is -2.10. The topological polar surface area (TPSA) is 51.2 Å². The minimum atomic E-state index is -3.16. The number of halogens is 2. The molecule has 0 amide bonds. The smallest absolute Gasteiger partial charge is 0.166 e. The number of hydrogen-bond donors (Lipinski definition) is 0. The second-order valence-corrected chi connectivity index (χ2v) is 6.47. The van der Waals surface area contributed by atoms with E-state index in [9.17, 15) is 13.2 Å². The molecule has 1 aromatic carbocycles. The zero-order valence-corrected chi connectivity index (χ0v) is 10.9. The van der Waals surface area contributed by atoms with Crippen molar-refractivity contribution in [3.8, 4) is 0 Å². The number of ketones is 1. The van der Waals surface area contributed by atoms with Crippen LogP contribution in [-0.2, 0) is 9.84 Å². The first-order valence-electron chi connectivity index (χ1n) is 4.46. The van der Waals surface area contributed by atoms with Crippen molar-refractivity contribution in [3.63, 3.8) is 0 Å². The molecule has 6 heteroatoms. The summed E-state index contributed by atoms with van der Waals surface area (Å²) in [5.74, 6) is -0.561. The lowest BCUT2D eigenvalue weighted by Gasteiger charge is -2.05. The molecule has 16 heavy (non-hydrogen) atoms. The highest BCUT2D eigenvalue weighted by Gasteiger charge is 2.16. The number of carbonyl (C=O) groups excluding carboxylic acids is 1. The van der Waals surface area contributed by atoms with Crippen LogP contribution in [-0.4, -0.2) is 26.2 Å². The summed E-state index contributed by atoms with van der Waals surface area (Å²) in [5.41, 5.74) is 0.189. The molecular formula is C10H10Cl2O3S. The van der Waals surface area contributed by atoms with Gasteiger partial charge >= 0.3 is 0 Å². The predicted molar refractivity (Wildman–Crippen MR) is 65.1 cm³/mol. The van der Waals surface area contributed by atoms with Gasteiger partial charge in [-0.2, -0.15) is 0 Å². The van der Waals surface area contributed by atoms with Gasteiger partial charge in [-0.15, -0.1) is 0 Å². The first-order chi connectivity index (χ1) is 7.31. The number of rotatable bonds is 4. The summed E-state index contributed by atoms with van der Waals surface area (Å²) in [6.45, 7) is 0. The Bertz CT molecular complexity index is 489. The van der Waals surface area contributed by atoms with Crippen LogP contribution < -0.4 is 0 Å². The molecule has 0 bridgehead atoms. The van der Waals surface area contributed by atoms with E-state index in [1.165, 1.54) is 0 Å². The standard InChI is InChI=1S/C10H10Cl2O3S/c1-16(14,15)6-5-9(13)10-7(11)3-2-4-8(10)12/h2-4H,5-6H2,1H3. The van der Waals surface area contributed by atoms with Crippen LogP contribution in [0.1, 0.15) is 16.8 Å². The SMILES string of the molecule is CS(=O)(=O)CCC(=O)c1c(Cl)cccc1Cl. The molecule has 0 fully saturated rings. The van der Waals surface area contributed by atoms with Gasteiger partial charge in [0, 0.05) is 12.7 Å². The molecule has 3 nitrogen and oxygen atoms in total. The summed E-state index contributed by atoms with van der Waals surface area (Å²) in [7, 11) is -3.16. The predicted octanol–water partition coefficient (Wildman–Crippen LogP) is 2.61. The minimum Gasteiger partial charge on any atom is -0.294 e. The van der Waals surface area contributed by atoms with Crippen LogP contribution >= 0.6 is 23.2 Å². The van der Waals surface area contributed by atoms with Crippen LogP contribution in [0.15, 0.2) is 18.2 Å². The van der Waals surface area contributed by atoms with Gasteiger partial charge in [0.1, 0.15) is 9.84 Å². The van der Waals surface area contributed by atoms with Gasteiger partial charge in [0.15, 0.2) is 5.78 Å². The van der Waals surface area contributed by atoms with Gasteiger partial charge in [-0.3, -0.25) is 4.79 Å². The Morgan fingerprint density at radius 2 is 1.75 bits per heavy atom. The van der Waals surface area contributed by atoms with E-state index >= 15 is 0 Å². The lowest BCUT2D eigenvalue weighted by atomic mass is 10.1. The molecule has 0 spiro atoms. The van der Waals surface area contributed by atoms with Crippen LogP contribution in [0.25, 0.3) is 0 Å². The monoisotopic (exact) mass is 280 g/mol. The molecule has 0 heterocycles. The maximum absolute atomic E-state index is 11.7. The van der Waals surface area contributed by atoms with Gasteiger partial charge in [0.05, 0.1) is 21.4 Å². The van der Waals surface area contributed by atoms with E-state index in [1.54, 1.807) is 18.2 Å². The largest absolute Gasteiger partial charge is 0.294 e. The van der Waals surface area contributed by atoms with Crippen LogP contribution in [0.3, 0.4) is 0 Å². The second-order valence-electron chi connectivity index (χ2n) is 3.40. The van der Waals surface area contributed by atoms with Gasteiger partial charge in [-0.1, -0.05) is 29.3 Å². The maximum Gasteiger partial charge on any atom is 0.166 e. The third-order valence-electron chi connectivity index (χ3n) is 1.94. The van der Waals surface area contributed by atoms with Crippen molar-refractivity contribution < 1.29 is 13.2 Å². The number of hydrogen-bond acceptors (Lipinski definition) is 3. The van der Waals surface area contributed by atoms with Crippen molar-refractivity contribution in [3.05, 3.63) is 33.8 Å². The van der Waals surface area contributed by atoms with Crippen molar-refractivity contribution in [1.82, 2.24) is 0 Å². The highest BCUT2D eigenvalue weighted by Crippen LogP contribution is 2.25. The molecule has 0 N–H and O–H groups in total. The Morgan fingerprint density at radius 3 is 2.19 bits per heavy atom. The average Bonchev–Trinajstić information content (AvgIpc) is 2.13. The third kappa shape index (κ3) is 3.77. The average molecular weight is 281 g/mol. The maximum atomic E-state index is 11.7. The normalized spacial score (nSPS) is 11.4. The van der Waals surface area contributed by atoms with E-state index in [1.807, 2.05) is 0 Å². The Morgan fingerprint density at radius 1 is 1.25 bits per heavy atom. The van der Waals surface area contributed by atoms with Crippen LogP contribution in [0.4, 0.5) is 0 Å². The summed E-state index contributed by atoms with van der Waals surface area (Å²) < 4.78 is 21.8. The summed E-state index contributed by atoms with van der Waals surface area (Å²) in [5, 5.41) is 0.483. The summed E-state index contributed by atoms with van der Waals surface area (Å²) in [4.78, 5) is 11.7. The molecule has 0 aliphatic carbocycles. The molecule has 1 rings (SSSR count). The number of benzene rings is 1. The van der Waals surface area contributed by atoms with Crippen LogP contribution in [0.2, 0.25) is 10.0 Å². The minimum absolute atomic E-state index is 0.109. The first kappa shape index (κ1) is 13.5. The van der Waals surface area contributed by atoms with Gasteiger partial charge in [0.2, 0.25) is 0 Å². The molecule has 0 radical (unpaired) electrons. The fourth-order valence-electron chi connectivity index (χ4n) is 1.17. The number of Topliss-reactive ketones (excluding diaryl/α,β-unsaturated/α-hetero) is 1. The van der Waals surface area contributed by atoms with Crippen molar-refractivity contribution in [2.75, 3.05) is 12.0 Å². The highest BCUT2D eigenvalue weighted by molar-refractivity contribution is 7.90. The summed E-state index contributed by atoms with van der Waals surface area (Å²) in [6.07, 6.45) is 0.969. The fourth-order valence-corrected chi connectivity index (χ4v) is 2.33. The molecule has 0 aliphatic heterocycles. The number of carbonyl (C=O) groups is 1. The molecule has 0 aliphatic rings. The van der Waals surface area contributed by atoms with Gasteiger partial charge in [-0.25, -0.2) is 8.42 Å². The molecule has 0 atom stereocenters. The molecule has 1 aromatic rings. The Labute approximate surface area is 104 Å². The molecule has 0 aromatic heterocycles. The molecule has 0 saturated heterocycles. The van der Waals surface area contributed by atoms with Gasteiger partial charge < -0.3 is 0 Å². The lowest BCUT2D eigenvalue weighted by molar-refractivity contribution is 0.0989. The quantitative estimate of drug-likeness (QED) is 0.797. The zero-order chi connectivity index (χ0) is 12.3. The van der Waals surface area contributed by atoms with Crippen molar-refractivity contribution in [2.24, 2.45) is 0 Å². The summed E-state index contributed by atoms with van der Waals surface area (Å²) >= 11 is 11.6. The molecule has 0 saturated carbocycles. The van der Waals surface area contributed by atoms with E-state index in [0.717, 1.165) is 6.26 Å². The zero-order valence-electron chi connectivity index (χ0n) is 8.54. The summed E-state index contributed by atoms with van der Waals surface area (Å²) in [6, 6.07) is 4.71. The Kier molecular flexibility index (Phi) is 4.35. The van der Waals surface area contributed by atoms with Crippen molar-refractivity contribution >= 4 is 38.8 Å². The Hall–Kier alpha value is -0.580. The van der Waals surface area contributed by atoms with Crippen LogP contribution in [0, 0.1) is 0 Å². The van der Waals surface area contributed by atoms with Gasteiger partial charge in [-0.05, 0) is 12.1 Å². The van der Waals surface area contributed by atoms with E-state index in [0.29, 0.717) is 0 Å². The Balaban J connectivity index is 2.90. The highest BCUT2D eigenvalue weighted by atomic mass is 35.5. The molecule has 0 unspecified atom stereocenters. The van der Waals surface area contributed by atoms with E-state index in [4.69, 9.17) is 23.2 Å². The second kappa shape index (κ2) is 5.17. The molecular weight excluding hydrogens is 271 g/mol. The first-order valence-corrected chi connectivity index (χ1v) is 7.28. The van der Waals surface area contributed by atoms with E-state index < -0.39 is 9.84 Å².